The Kier molecular flexibility index (Phi) is 5.07. The Hall–Kier alpha value is -1.82. The summed E-state index contributed by atoms with van der Waals surface area (Å²) in [5, 5.41) is 11.3. The van der Waals surface area contributed by atoms with Gasteiger partial charge in [0.1, 0.15) is 0 Å². The van der Waals surface area contributed by atoms with Gasteiger partial charge < -0.3 is 5.32 Å². The number of amides is 1. The van der Waals surface area contributed by atoms with E-state index in [0.717, 1.165) is 12.0 Å². The number of nitrogens with zero attached hydrogens (tertiary/aromatic N) is 1. The molecule has 1 atom stereocenters. The maximum absolute atomic E-state index is 11.4. The zero-order valence-corrected chi connectivity index (χ0v) is 9.44. The van der Waals surface area contributed by atoms with Gasteiger partial charge in [0.05, 0.1) is 12.0 Å². The molecule has 0 aliphatic carbocycles. The second-order valence-electron chi connectivity index (χ2n) is 3.82. The molecule has 3 nitrogen and oxygen atoms in total. The van der Waals surface area contributed by atoms with E-state index in [2.05, 4.69) is 11.4 Å². The molecule has 0 saturated heterocycles. The van der Waals surface area contributed by atoms with Gasteiger partial charge in [-0.25, -0.2) is 0 Å². The van der Waals surface area contributed by atoms with Crippen LogP contribution in [0.25, 0.3) is 0 Å². The van der Waals surface area contributed by atoms with Crippen LogP contribution in [0.2, 0.25) is 0 Å². The summed E-state index contributed by atoms with van der Waals surface area (Å²) in [7, 11) is 0. The molecule has 0 fully saturated rings. The zero-order chi connectivity index (χ0) is 11.8. The van der Waals surface area contributed by atoms with Crippen LogP contribution in [0.1, 0.15) is 18.9 Å². The average molecular weight is 216 g/mol. The van der Waals surface area contributed by atoms with Crippen molar-refractivity contribution in [2.75, 3.05) is 6.54 Å². The molecule has 0 heterocycles. The first kappa shape index (κ1) is 12.3. The third-order valence-corrected chi connectivity index (χ3v) is 2.31. The van der Waals surface area contributed by atoms with E-state index in [0.29, 0.717) is 13.0 Å². The minimum atomic E-state index is -0.124. The molecule has 1 amide bonds. The Morgan fingerprint density at radius 2 is 2.12 bits per heavy atom. The predicted octanol–water partition coefficient (Wildman–Crippen LogP) is 1.90. The summed E-state index contributed by atoms with van der Waals surface area (Å²) in [6, 6.07) is 12.0. The van der Waals surface area contributed by atoms with Gasteiger partial charge >= 0.3 is 0 Å². The molecule has 0 radical (unpaired) electrons. The summed E-state index contributed by atoms with van der Waals surface area (Å²) in [5.74, 6) is -0.119. The fraction of sp³-hybridized carbons (Fsp3) is 0.385. The number of nitrogens with one attached hydrogen (secondary N) is 1. The maximum Gasteiger partial charge on any atom is 0.220 e. The Morgan fingerprint density at radius 3 is 2.75 bits per heavy atom. The van der Waals surface area contributed by atoms with Crippen LogP contribution in [-0.4, -0.2) is 12.5 Å². The SMILES string of the molecule is CC(C#N)CNC(=O)CCc1ccccc1. The van der Waals surface area contributed by atoms with E-state index in [1.165, 1.54) is 0 Å². The van der Waals surface area contributed by atoms with Crippen molar-refractivity contribution >= 4 is 5.91 Å². The highest BCUT2D eigenvalue weighted by molar-refractivity contribution is 5.76. The lowest BCUT2D eigenvalue weighted by Crippen LogP contribution is -2.27. The first-order valence-electron chi connectivity index (χ1n) is 5.42. The summed E-state index contributed by atoms with van der Waals surface area (Å²) in [6.45, 7) is 2.22. The van der Waals surface area contributed by atoms with Gasteiger partial charge in [-0.3, -0.25) is 4.79 Å². The molecule has 0 aliphatic heterocycles. The van der Waals surface area contributed by atoms with E-state index >= 15 is 0 Å². The maximum atomic E-state index is 11.4. The lowest BCUT2D eigenvalue weighted by atomic mass is 10.1. The topological polar surface area (TPSA) is 52.9 Å². The number of aryl methyl sites for hydroxylation is 1. The van der Waals surface area contributed by atoms with Gasteiger partial charge in [-0.15, -0.1) is 0 Å². The van der Waals surface area contributed by atoms with Crippen molar-refractivity contribution < 1.29 is 4.79 Å². The Balaban J connectivity index is 2.24. The van der Waals surface area contributed by atoms with E-state index in [4.69, 9.17) is 5.26 Å². The second kappa shape index (κ2) is 6.62. The van der Waals surface area contributed by atoms with Crippen molar-refractivity contribution in [1.29, 1.82) is 5.26 Å². The molecule has 0 spiro atoms. The van der Waals surface area contributed by atoms with Crippen LogP contribution >= 0.6 is 0 Å². The summed E-state index contributed by atoms with van der Waals surface area (Å²) < 4.78 is 0. The molecule has 16 heavy (non-hydrogen) atoms. The van der Waals surface area contributed by atoms with Gasteiger partial charge in [0.25, 0.3) is 0 Å². The molecule has 84 valence electrons. The quantitative estimate of drug-likeness (QED) is 0.817. The van der Waals surface area contributed by atoms with Crippen molar-refractivity contribution in [2.24, 2.45) is 5.92 Å². The Morgan fingerprint density at radius 1 is 1.44 bits per heavy atom. The highest BCUT2D eigenvalue weighted by atomic mass is 16.1. The van der Waals surface area contributed by atoms with Crippen molar-refractivity contribution in [2.45, 2.75) is 19.8 Å². The van der Waals surface area contributed by atoms with Crippen LogP contribution in [0.4, 0.5) is 0 Å². The molecule has 0 saturated carbocycles. The number of rotatable bonds is 5. The van der Waals surface area contributed by atoms with Gasteiger partial charge in [-0.05, 0) is 18.9 Å². The number of nitriles is 1. The highest BCUT2D eigenvalue weighted by Gasteiger charge is 2.04. The molecule has 0 bridgehead atoms. The number of carbonyl (C=O) groups is 1. The number of hydrogen-bond acceptors (Lipinski definition) is 2. The van der Waals surface area contributed by atoms with Crippen molar-refractivity contribution in [3.05, 3.63) is 35.9 Å². The molecular weight excluding hydrogens is 200 g/mol. The lowest BCUT2D eigenvalue weighted by Gasteiger charge is -2.05. The first-order valence-corrected chi connectivity index (χ1v) is 5.42. The van der Waals surface area contributed by atoms with E-state index in [1.54, 1.807) is 6.92 Å². The van der Waals surface area contributed by atoms with Crippen LogP contribution < -0.4 is 5.32 Å². The molecule has 1 aromatic carbocycles. The van der Waals surface area contributed by atoms with Crippen molar-refractivity contribution in [3.63, 3.8) is 0 Å². The molecule has 0 aliphatic rings. The first-order chi connectivity index (χ1) is 7.72. The van der Waals surface area contributed by atoms with E-state index in [-0.39, 0.29) is 11.8 Å². The fourth-order valence-electron chi connectivity index (χ4n) is 1.30. The van der Waals surface area contributed by atoms with Crippen LogP contribution in [0.5, 0.6) is 0 Å². The third-order valence-electron chi connectivity index (χ3n) is 2.31. The Labute approximate surface area is 96.1 Å². The number of benzene rings is 1. The summed E-state index contributed by atoms with van der Waals surface area (Å²) in [4.78, 5) is 11.4. The van der Waals surface area contributed by atoms with Gasteiger partial charge in [0, 0.05) is 13.0 Å². The minimum absolute atomic E-state index is 0.00551. The smallest absolute Gasteiger partial charge is 0.220 e. The molecule has 0 aromatic heterocycles. The molecule has 1 rings (SSSR count). The average Bonchev–Trinajstić information content (AvgIpc) is 2.34. The number of carbonyl (C=O) groups excluding carboxylic acids is 1. The summed E-state index contributed by atoms with van der Waals surface area (Å²) >= 11 is 0. The van der Waals surface area contributed by atoms with E-state index in [9.17, 15) is 4.79 Å². The second-order valence-corrected chi connectivity index (χ2v) is 3.82. The van der Waals surface area contributed by atoms with Gasteiger partial charge in [0.15, 0.2) is 0 Å². The van der Waals surface area contributed by atoms with Crippen LogP contribution in [0.15, 0.2) is 30.3 Å². The van der Waals surface area contributed by atoms with E-state index < -0.39 is 0 Å². The summed E-state index contributed by atoms with van der Waals surface area (Å²) in [6.07, 6.45) is 1.22. The highest BCUT2D eigenvalue weighted by Crippen LogP contribution is 2.02. The van der Waals surface area contributed by atoms with Crippen LogP contribution in [0.3, 0.4) is 0 Å². The largest absolute Gasteiger partial charge is 0.355 e. The van der Waals surface area contributed by atoms with Crippen molar-refractivity contribution in [3.8, 4) is 6.07 Å². The Bertz CT molecular complexity index is 367. The number of hydrogen-bond donors (Lipinski definition) is 1. The van der Waals surface area contributed by atoms with Crippen molar-refractivity contribution in [1.82, 2.24) is 5.32 Å². The fourth-order valence-corrected chi connectivity index (χ4v) is 1.30. The monoisotopic (exact) mass is 216 g/mol. The molecule has 3 heteroatoms. The molecule has 1 unspecified atom stereocenters. The zero-order valence-electron chi connectivity index (χ0n) is 9.44. The van der Waals surface area contributed by atoms with Gasteiger partial charge in [-0.1, -0.05) is 30.3 Å². The van der Waals surface area contributed by atoms with E-state index in [1.807, 2.05) is 30.3 Å². The molecular formula is C13H16N2O. The normalized spacial score (nSPS) is 11.5. The molecule has 1 aromatic rings. The molecule has 1 N–H and O–H groups in total. The van der Waals surface area contributed by atoms with Crippen LogP contribution in [-0.2, 0) is 11.2 Å². The minimum Gasteiger partial charge on any atom is -0.355 e. The third kappa shape index (κ3) is 4.61. The van der Waals surface area contributed by atoms with Gasteiger partial charge in [0.2, 0.25) is 5.91 Å². The lowest BCUT2D eigenvalue weighted by molar-refractivity contribution is -0.121. The van der Waals surface area contributed by atoms with Gasteiger partial charge in [-0.2, -0.15) is 5.26 Å². The van der Waals surface area contributed by atoms with Crippen LogP contribution in [0, 0.1) is 17.2 Å². The predicted molar refractivity (Wildman–Crippen MR) is 62.5 cm³/mol. The summed E-state index contributed by atoms with van der Waals surface area (Å²) in [5.41, 5.74) is 1.16. The standard InChI is InChI=1S/C13H16N2O/c1-11(9-14)10-15-13(16)8-7-12-5-3-2-4-6-12/h2-6,11H,7-8,10H2,1H3,(H,15,16).